The Morgan fingerprint density at radius 1 is 1.38 bits per heavy atom. The molecular weight excluding hydrogens is 208 g/mol. The highest BCUT2D eigenvalue weighted by atomic mass is 16.8. The summed E-state index contributed by atoms with van der Waals surface area (Å²) in [5.74, 6) is -0.903. The number of carbonyl (C=O) groups excluding carboxylic acids is 1. The smallest absolute Gasteiger partial charge is 0.335 e. The summed E-state index contributed by atoms with van der Waals surface area (Å²) >= 11 is 0. The van der Waals surface area contributed by atoms with E-state index in [0.29, 0.717) is 12.2 Å². The molecule has 0 N–H and O–H groups in total. The Bertz CT molecular complexity index is 291. The molecule has 0 aromatic rings. The summed E-state index contributed by atoms with van der Waals surface area (Å²) in [6.45, 7) is 5.48. The highest BCUT2D eigenvalue weighted by Crippen LogP contribution is 2.37. The van der Waals surface area contributed by atoms with Crippen molar-refractivity contribution in [1.82, 2.24) is 0 Å². The summed E-state index contributed by atoms with van der Waals surface area (Å²) < 4.78 is 16.5. The molecule has 16 heavy (non-hydrogen) atoms. The molecule has 1 heterocycles. The molecule has 1 saturated heterocycles. The first kappa shape index (κ1) is 11.6. The van der Waals surface area contributed by atoms with Crippen LogP contribution in [0.2, 0.25) is 0 Å². The van der Waals surface area contributed by atoms with E-state index in [2.05, 4.69) is 6.58 Å². The normalized spacial score (nSPS) is 27.9. The van der Waals surface area contributed by atoms with Crippen LogP contribution in [-0.2, 0) is 19.0 Å². The third-order valence-corrected chi connectivity index (χ3v) is 3.03. The third-order valence-electron chi connectivity index (χ3n) is 3.03. The Labute approximate surface area is 95.6 Å². The Balaban J connectivity index is 1.87. The van der Waals surface area contributed by atoms with Crippen molar-refractivity contribution in [2.45, 2.75) is 51.1 Å². The minimum Gasteiger partial charge on any atom is -0.430 e. The Kier molecular flexibility index (Phi) is 3.30. The summed E-state index contributed by atoms with van der Waals surface area (Å²) in [6.07, 6.45) is 4.68. The molecule has 0 aromatic heterocycles. The first-order valence-electron chi connectivity index (χ1n) is 5.80. The van der Waals surface area contributed by atoms with Crippen molar-refractivity contribution in [3.8, 4) is 0 Å². The van der Waals surface area contributed by atoms with Gasteiger partial charge in [0.15, 0.2) is 5.79 Å². The van der Waals surface area contributed by atoms with Gasteiger partial charge in [-0.3, -0.25) is 0 Å². The molecule has 0 amide bonds. The standard InChI is InChI=1S/C12H18O4/c1-9(2)11(13)15-10-8-14-12(16-10)6-4-3-5-7-12/h10H,1,3-8H2,2H3. The van der Waals surface area contributed by atoms with Crippen molar-refractivity contribution in [1.29, 1.82) is 0 Å². The molecule has 4 nitrogen and oxygen atoms in total. The Morgan fingerprint density at radius 3 is 2.69 bits per heavy atom. The Hall–Kier alpha value is -0.870. The van der Waals surface area contributed by atoms with Crippen LogP contribution >= 0.6 is 0 Å². The van der Waals surface area contributed by atoms with Crippen LogP contribution in [0.4, 0.5) is 0 Å². The number of hydrogen-bond acceptors (Lipinski definition) is 4. The average molecular weight is 226 g/mol. The first-order chi connectivity index (χ1) is 7.61. The van der Waals surface area contributed by atoms with Gasteiger partial charge < -0.3 is 14.2 Å². The van der Waals surface area contributed by atoms with Gasteiger partial charge in [-0.15, -0.1) is 0 Å². The van der Waals surface area contributed by atoms with E-state index in [1.807, 2.05) is 0 Å². The van der Waals surface area contributed by atoms with Gasteiger partial charge in [0.05, 0.1) is 0 Å². The van der Waals surface area contributed by atoms with Crippen molar-refractivity contribution >= 4 is 5.97 Å². The molecule has 2 aliphatic rings. The van der Waals surface area contributed by atoms with Crippen LogP contribution in [0.3, 0.4) is 0 Å². The van der Waals surface area contributed by atoms with Gasteiger partial charge in [-0.2, -0.15) is 0 Å². The molecule has 1 saturated carbocycles. The maximum Gasteiger partial charge on any atom is 0.335 e. The lowest BCUT2D eigenvalue weighted by Crippen LogP contribution is -2.34. The van der Waals surface area contributed by atoms with E-state index in [-0.39, 0.29) is 0 Å². The van der Waals surface area contributed by atoms with E-state index < -0.39 is 18.0 Å². The van der Waals surface area contributed by atoms with Gasteiger partial charge in [-0.05, 0) is 19.8 Å². The topological polar surface area (TPSA) is 44.8 Å². The molecule has 4 heteroatoms. The lowest BCUT2D eigenvalue weighted by molar-refractivity contribution is -0.222. The van der Waals surface area contributed by atoms with Crippen LogP contribution in [0.1, 0.15) is 39.0 Å². The second-order valence-corrected chi connectivity index (χ2v) is 4.52. The van der Waals surface area contributed by atoms with Gasteiger partial charge in [0.25, 0.3) is 0 Å². The number of ether oxygens (including phenoxy) is 3. The highest BCUT2D eigenvalue weighted by Gasteiger charge is 2.43. The molecule has 90 valence electrons. The maximum atomic E-state index is 11.3. The maximum absolute atomic E-state index is 11.3. The van der Waals surface area contributed by atoms with Crippen molar-refractivity contribution < 1.29 is 19.0 Å². The van der Waals surface area contributed by atoms with E-state index in [0.717, 1.165) is 25.7 Å². The van der Waals surface area contributed by atoms with Gasteiger partial charge in [-0.1, -0.05) is 13.0 Å². The fourth-order valence-corrected chi connectivity index (χ4v) is 2.16. The molecule has 1 spiro atoms. The fraction of sp³-hybridized carbons (Fsp3) is 0.750. The van der Waals surface area contributed by atoms with Crippen molar-refractivity contribution in [3.05, 3.63) is 12.2 Å². The van der Waals surface area contributed by atoms with Gasteiger partial charge in [-0.25, -0.2) is 4.79 Å². The summed E-state index contributed by atoms with van der Waals surface area (Å²) in [5.41, 5.74) is 0.383. The van der Waals surface area contributed by atoms with Crippen LogP contribution in [0.15, 0.2) is 12.2 Å². The molecule has 1 aliphatic heterocycles. The van der Waals surface area contributed by atoms with E-state index >= 15 is 0 Å². The van der Waals surface area contributed by atoms with Gasteiger partial charge >= 0.3 is 5.97 Å². The largest absolute Gasteiger partial charge is 0.430 e. The average Bonchev–Trinajstić information content (AvgIpc) is 2.62. The fourth-order valence-electron chi connectivity index (χ4n) is 2.16. The van der Waals surface area contributed by atoms with Gasteiger partial charge in [0, 0.05) is 18.4 Å². The third kappa shape index (κ3) is 2.44. The van der Waals surface area contributed by atoms with Gasteiger partial charge in [0.2, 0.25) is 6.29 Å². The summed E-state index contributed by atoms with van der Waals surface area (Å²) in [6, 6.07) is 0. The summed E-state index contributed by atoms with van der Waals surface area (Å²) in [5, 5.41) is 0. The first-order valence-corrected chi connectivity index (χ1v) is 5.80. The SMILES string of the molecule is C=C(C)C(=O)OC1COC2(CCCCC2)O1. The summed E-state index contributed by atoms with van der Waals surface area (Å²) in [7, 11) is 0. The monoisotopic (exact) mass is 226 g/mol. The molecule has 2 rings (SSSR count). The molecule has 1 atom stereocenters. The molecular formula is C12H18O4. The zero-order valence-corrected chi connectivity index (χ0v) is 9.66. The zero-order valence-electron chi connectivity index (χ0n) is 9.66. The van der Waals surface area contributed by atoms with Crippen LogP contribution in [0.5, 0.6) is 0 Å². The summed E-state index contributed by atoms with van der Waals surface area (Å²) in [4.78, 5) is 11.3. The van der Waals surface area contributed by atoms with Crippen molar-refractivity contribution in [3.63, 3.8) is 0 Å². The van der Waals surface area contributed by atoms with E-state index in [9.17, 15) is 4.79 Å². The lowest BCUT2D eigenvalue weighted by Gasteiger charge is -2.31. The van der Waals surface area contributed by atoms with Crippen molar-refractivity contribution in [2.75, 3.05) is 6.61 Å². The molecule has 0 bridgehead atoms. The Morgan fingerprint density at radius 2 is 2.06 bits per heavy atom. The predicted octanol–water partition coefficient (Wildman–Crippen LogP) is 2.14. The molecule has 1 unspecified atom stereocenters. The minimum absolute atomic E-state index is 0.332. The highest BCUT2D eigenvalue weighted by molar-refractivity contribution is 5.87. The minimum atomic E-state index is -0.567. The number of rotatable bonds is 2. The van der Waals surface area contributed by atoms with Crippen LogP contribution < -0.4 is 0 Å². The second kappa shape index (κ2) is 4.55. The number of carbonyl (C=O) groups is 1. The van der Waals surface area contributed by atoms with Crippen LogP contribution in [0, 0.1) is 0 Å². The number of esters is 1. The van der Waals surface area contributed by atoms with Crippen LogP contribution in [0.25, 0.3) is 0 Å². The molecule has 0 aromatic carbocycles. The van der Waals surface area contributed by atoms with Crippen LogP contribution in [-0.4, -0.2) is 24.7 Å². The molecule has 1 aliphatic carbocycles. The molecule has 2 fully saturated rings. The van der Waals surface area contributed by atoms with E-state index in [4.69, 9.17) is 14.2 Å². The predicted molar refractivity (Wildman–Crippen MR) is 57.5 cm³/mol. The lowest BCUT2D eigenvalue weighted by atomic mass is 9.94. The quantitative estimate of drug-likeness (QED) is 0.534. The number of hydrogen-bond donors (Lipinski definition) is 0. The van der Waals surface area contributed by atoms with E-state index in [1.165, 1.54) is 6.42 Å². The second-order valence-electron chi connectivity index (χ2n) is 4.52. The van der Waals surface area contributed by atoms with Crippen molar-refractivity contribution in [2.24, 2.45) is 0 Å². The molecule has 0 radical (unpaired) electrons. The zero-order chi connectivity index (χ0) is 11.6. The van der Waals surface area contributed by atoms with E-state index in [1.54, 1.807) is 6.92 Å². The van der Waals surface area contributed by atoms with Gasteiger partial charge in [0.1, 0.15) is 6.61 Å².